The predicted molar refractivity (Wildman–Crippen MR) is 71.4 cm³/mol. The second kappa shape index (κ2) is 5.94. The van der Waals surface area contributed by atoms with Crippen LogP contribution in [0.25, 0.3) is 0 Å². The average Bonchev–Trinajstić information content (AvgIpc) is 2.84. The van der Waals surface area contributed by atoms with E-state index in [0.29, 0.717) is 6.10 Å². The van der Waals surface area contributed by atoms with E-state index in [9.17, 15) is 0 Å². The molecule has 17 heavy (non-hydrogen) atoms. The Morgan fingerprint density at radius 2 is 2.47 bits per heavy atom. The van der Waals surface area contributed by atoms with Gasteiger partial charge in [0.1, 0.15) is 5.01 Å². The molecule has 1 saturated heterocycles. The van der Waals surface area contributed by atoms with Gasteiger partial charge in [-0.15, -0.1) is 11.3 Å². The molecule has 1 aromatic rings. The molecule has 0 saturated carbocycles. The van der Waals surface area contributed by atoms with Gasteiger partial charge < -0.3 is 10.1 Å². The summed E-state index contributed by atoms with van der Waals surface area (Å²) in [5.74, 6) is 0. The molecule has 2 heterocycles. The summed E-state index contributed by atoms with van der Waals surface area (Å²) in [5, 5.41) is 6.95. The molecule has 0 spiro atoms. The van der Waals surface area contributed by atoms with Gasteiger partial charge >= 0.3 is 0 Å². The smallest absolute Gasteiger partial charge is 0.113 e. The van der Waals surface area contributed by atoms with Crippen LogP contribution < -0.4 is 5.32 Å². The predicted octanol–water partition coefficient (Wildman–Crippen LogP) is 2.93. The van der Waals surface area contributed by atoms with Crippen molar-refractivity contribution >= 4 is 11.3 Å². The van der Waals surface area contributed by atoms with Crippen molar-refractivity contribution in [2.75, 3.05) is 13.2 Å². The van der Waals surface area contributed by atoms with Crippen molar-refractivity contribution in [3.05, 3.63) is 16.6 Å². The molecule has 2 unspecified atom stereocenters. The van der Waals surface area contributed by atoms with Gasteiger partial charge in [0.15, 0.2) is 0 Å². The fourth-order valence-electron chi connectivity index (χ4n) is 2.69. The summed E-state index contributed by atoms with van der Waals surface area (Å²) in [5.41, 5.74) is 0.0566. The van der Waals surface area contributed by atoms with Crippen LogP contribution in [-0.2, 0) is 10.3 Å². The number of nitrogens with one attached hydrogen (secondary N) is 1. The number of hydrogen-bond donors (Lipinski definition) is 1. The highest BCUT2D eigenvalue weighted by atomic mass is 32.1. The third-order valence-corrected chi connectivity index (χ3v) is 4.40. The summed E-state index contributed by atoms with van der Waals surface area (Å²) in [6.07, 6.45) is 6.72. The number of ether oxygens (including phenoxy) is 1. The molecule has 1 aromatic heterocycles. The molecule has 0 aromatic carbocycles. The molecule has 1 aliphatic rings. The van der Waals surface area contributed by atoms with E-state index in [1.54, 1.807) is 11.3 Å². The van der Waals surface area contributed by atoms with Crippen molar-refractivity contribution in [3.63, 3.8) is 0 Å². The first-order valence-electron chi connectivity index (χ1n) is 6.57. The zero-order chi connectivity index (χ0) is 12.1. The lowest BCUT2D eigenvalue weighted by Gasteiger charge is -2.40. The summed E-state index contributed by atoms with van der Waals surface area (Å²) < 4.78 is 5.85. The number of rotatable bonds is 5. The van der Waals surface area contributed by atoms with Gasteiger partial charge in [0.05, 0.1) is 11.6 Å². The molecule has 1 aliphatic heterocycles. The van der Waals surface area contributed by atoms with E-state index in [0.717, 1.165) is 32.4 Å². The fraction of sp³-hybridized carbons (Fsp3) is 0.769. The van der Waals surface area contributed by atoms with Crippen molar-refractivity contribution in [2.24, 2.45) is 0 Å². The summed E-state index contributed by atoms with van der Waals surface area (Å²) in [6, 6.07) is 0. The summed E-state index contributed by atoms with van der Waals surface area (Å²) in [6.45, 7) is 6.21. The highest BCUT2D eigenvalue weighted by molar-refractivity contribution is 7.09. The SMILES string of the molecule is CCCC1CC(NCC)(c2nccs2)CCO1. The van der Waals surface area contributed by atoms with Crippen molar-refractivity contribution in [1.29, 1.82) is 0 Å². The fourth-order valence-corrected chi connectivity index (χ4v) is 3.54. The second-order valence-corrected chi connectivity index (χ2v) is 5.58. The van der Waals surface area contributed by atoms with Crippen molar-refractivity contribution in [1.82, 2.24) is 10.3 Å². The van der Waals surface area contributed by atoms with Gasteiger partial charge in [-0.2, -0.15) is 0 Å². The van der Waals surface area contributed by atoms with Crippen LogP contribution in [0.3, 0.4) is 0 Å². The van der Waals surface area contributed by atoms with Gasteiger partial charge in [0, 0.05) is 18.2 Å². The minimum atomic E-state index is 0.0566. The zero-order valence-corrected chi connectivity index (χ0v) is 11.6. The lowest BCUT2D eigenvalue weighted by atomic mass is 9.85. The van der Waals surface area contributed by atoms with Gasteiger partial charge in [0.2, 0.25) is 0 Å². The Bertz CT molecular complexity index is 322. The largest absolute Gasteiger partial charge is 0.378 e. The van der Waals surface area contributed by atoms with Crippen LogP contribution in [0.1, 0.15) is 44.5 Å². The van der Waals surface area contributed by atoms with Crippen LogP contribution in [0.2, 0.25) is 0 Å². The topological polar surface area (TPSA) is 34.2 Å². The Kier molecular flexibility index (Phi) is 4.54. The van der Waals surface area contributed by atoms with Crippen molar-refractivity contribution in [3.8, 4) is 0 Å². The highest BCUT2D eigenvalue weighted by Crippen LogP contribution is 2.36. The minimum Gasteiger partial charge on any atom is -0.378 e. The summed E-state index contributed by atoms with van der Waals surface area (Å²) in [4.78, 5) is 4.53. The van der Waals surface area contributed by atoms with Crippen molar-refractivity contribution in [2.45, 2.75) is 51.2 Å². The third kappa shape index (κ3) is 2.87. The molecule has 96 valence electrons. The van der Waals surface area contributed by atoms with Gasteiger partial charge in [-0.1, -0.05) is 20.3 Å². The standard InChI is InChI=1S/C13H22N2OS/c1-3-5-11-10-13(15-4-2,6-8-16-11)12-14-7-9-17-12/h7,9,11,15H,3-6,8,10H2,1-2H3. The Hall–Kier alpha value is -0.450. The molecule has 1 fully saturated rings. The second-order valence-electron chi connectivity index (χ2n) is 4.69. The average molecular weight is 254 g/mol. The van der Waals surface area contributed by atoms with Crippen LogP contribution in [0, 0.1) is 0 Å². The van der Waals surface area contributed by atoms with Crippen LogP contribution in [0.15, 0.2) is 11.6 Å². The maximum absolute atomic E-state index is 5.85. The van der Waals surface area contributed by atoms with E-state index < -0.39 is 0 Å². The molecule has 0 aliphatic carbocycles. The molecule has 1 N–H and O–H groups in total. The van der Waals surface area contributed by atoms with Gasteiger partial charge in [-0.3, -0.25) is 0 Å². The summed E-state index contributed by atoms with van der Waals surface area (Å²) in [7, 11) is 0. The van der Waals surface area contributed by atoms with Crippen LogP contribution in [0.4, 0.5) is 0 Å². The van der Waals surface area contributed by atoms with E-state index in [1.807, 2.05) is 6.20 Å². The molecule has 0 radical (unpaired) electrons. The first-order chi connectivity index (χ1) is 8.30. The molecule has 3 nitrogen and oxygen atoms in total. The Morgan fingerprint density at radius 3 is 3.12 bits per heavy atom. The van der Waals surface area contributed by atoms with Crippen molar-refractivity contribution < 1.29 is 4.74 Å². The lowest BCUT2D eigenvalue weighted by Crippen LogP contribution is -2.49. The number of thiazole rings is 1. The number of aromatic nitrogens is 1. The van der Waals surface area contributed by atoms with E-state index in [4.69, 9.17) is 4.74 Å². The van der Waals surface area contributed by atoms with Gasteiger partial charge in [-0.25, -0.2) is 4.98 Å². The molecular formula is C13H22N2OS. The monoisotopic (exact) mass is 254 g/mol. The summed E-state index contributed by atoms with van der Waals surface area (Å²) >= 11 is 1.76. The van der Waals surface area contributed by atoms with E-state index >= 15 is 0 Å². The molecule has 4 heteroatoms. The molecule has 0 amide bonds. The first-order valence-corrected chi connectivity index (χ1v) is 7.45. The Morgan fingerprint density at radius 1 is 1.59 bits per heavy atom. The number of hydrogen-bond acceptors (Lipinski definition) is 4. The molecule has 2 atom stereocenters. The maximum atomic E-state index is 5.85. The molecular weight excluding hydrogens is 232 g/mol. The number of nitrogens with zero attached hydrogens (tertiary/aromatic N) is 1. The van der Waals surface area contributed by atoms with Crippen LogP contribution in [0.5, 0.6) is 0 Å². The molecule has 2 rings (SSSR count). The Balaban J connectivity index is 2.16. The maximum Gasteiger partial charge on any atom is 0.113 e. The van der Waals surface area contributed by atoms with Gasteiger partial charge in [0.25, 0.3) is 0 Å². The van der Waals surface area contributed by atoms with Gasteiger partial charge in [-0.05, 0) is 25.8 Å². The molecule has 0 bridgehead atoms. The van der Waals surface area contributed by atoms with Crippen LogP contribution >= 0.6 is 11.3 Å². The van der Waals surface area contributed by atoms with E-state index in [2.05, 4.69) is 29.5 Å². The quantitative estimate of drug-likeness (QED) is 0.877. The zero-order valence-electron chi connectivity index (χ0n) is 10.7. The van der Waals surface area contributed by atoms with E-state index in [1.165, 1.54) is 11.4 Å². The first kappa shape index (κ1) is 13.0. The normalized spacial score (nSPS) is 29.4. The Labute approximate surface area is 108 Å². The van der Waals surface area contributed by atoms with E-state index in [-0.39, 0.29) is 5.54 Å². The van der Waals surface area contributed by atoms with Crippen LogP contribution in [-0.4, -0.2) is 24.2 Å². The lowest BCUT2D eigenvalue weighted by molar-refractivity contribution is -0.0345. The third-order valence-electron chi connectivity index (χ3n) is 3.43. The highest BCUT2D eigenvalue weighted by Gasteiger charge is 2.39. The minimum absolute atomic E-state index is 0.0566.